The third kappa shape index (κ3) is 3.10. The first-order valence-electron chi connectivity index (χ1n) is 4.20. The summed E-state index contributed by atoms with van der Waals surface area (Å²) in [5, 5.41) is 8.18. The Kier molecular flexibility index (Phi) is 4.00. The average molecular weight is 209 g/mol. The van der Waals surface area contributed by atoms with E-state index >= 15 is 0 Å². The minimum atomic E-state index is 0.0880. The lowest BCUT2D eigenvalue weighted by atomic mass is 10.4. The van der Waals surface area contributed by atoms with Crippen LogP contribution in [0.2, 0.25) is 0 Å². The van der Waals surface area contributed by atoms with E-state index < -0.39 is 0 Å². The van der Waals surface area contributed by atoms with Crippen LogP contribution < -0.4 is 0 Å². The van der Waals surface area contributed by atoms with E-state index in [0.717, 1.165) is 11.2 Å². The van der Waals surface area contributed by atoms with Crippen LogP contribution in [0, 0.1) is 0 Å². The summed E-state index contributed by atoms with van der Waals surface area (Å²) in [5.41, 5.74) is 1.76. The summed E-state index contributed by atoms with van der Waals surface area (Å²) in [6.45, 7) is 1.81. The second-order valence-corrected chi connectivity index (χ2v) is 3.00. The number of fused-ring (bicyclic) bond motifs is 1. The minimum absolute atomic E-state index is 0.0880. The maximum Gasteiger partial charge on any atom is 0.177 e. The molecule has 0 aromatic carbocycles. The van der Waals surface area contributed by atoms with Crippen LogP contribution in [-0.4, -0.2) is 25.1 Å². The van der Waals surface area contributed by atoms with Crippen molar-refractivity contribution in [2.45, 2.75) is 13.3 Å². The number of hydrogen-bond donors (Lipinski definition) is 2. The monoisotopic (exact) mass is 209 g/mol. The van der Waals surface area contributed by atoms with Crippen molar-refractivity contribution in [3.63, 3.8) is 0 Å². The van der Waals surface area contributed by atoms with Crippen LogP contribution in [0.5, 0.6) is 0 Å². The maximum atomic E-state index is 8.09. The molecule has 0 aliphatic rings. The normalized spacial score (nSPS) is 9.21. The number of hydrogen-bond acceptors (Lipinski definition) is 3. The number of imidazole rings is 1. The van der Waals surface area contributed by atoms with Gasteiger partial charge in [0.25, 0.3) is 0 Å². The van der Waals surface area contributed by atoms with Gasteiger partial charge in [-0.2, -0.15) is 0 Å². The highest BCUT2D eigenvalue weighted by molar-refractivity contribution is 7.80. The lowest BCUT2D eigenvalue weighted by Crippen LogP contribution is -1.82. The van der Waals surface area contributed by atoms with Gasteiger partial charge in [0.1, 0.15) is 0 Å². The van der Waals surface area contributed by atoms with Crippen molar-refractivity contribution in [3.05, 3.63) is 24.7 Å². The number of aliphatic hydroxyl groups is 1. The fourth-order valence-corrected chi connectivity index (χ4v) is 0.775. The number of pyridine rings is 1. The first kappa shape index (κ1) is 10.6. The molecule has 0 aliphatic heterocycles. The van der Waals surface area contributed by atoms with Crippen LogP contribution in [0.3, 0.4) is 0 Å². The maximum absolute atomic E-state index is 8.09. The Morgan fingerprint density at radius 1 is 1.57 bits per heavy atom. The first-order valence-corrected chi connectivity index (χ1v) is 4.60. The van der Waals surface area contributed by atoms with Crippen LogP contribution in [0.25, 0.3) is 11.2 Å². The molecule has 0 atom stereocenters. The predicted octanol–water partition coefficient (Wildman–Crippen LogP) is 2.24. The molecule has 0 fully saturated rings. The van der Waals surface area contributed by atoms with Gasteiger partial charge in [0, 0.05) is 12.6 Å². The van der Waals surface area contributed by atoms with Gasteiger partial charge < -0.3 is 10.1 Å². The van der Waals surface area contributed by atoms with E-state index in [1.54, 1.807) is 12.5 Å². The zero-order valence-electron chi connectivity index (χ0n) is 7.77. The van der Waals surface area contributed by atoms with Crippen LogP contribution in [0.1, 0.15) is 13.3 Å². The van der Waals surface area contributed by atoms with Crippen LogP contribution >= 0.6 is 12.2 Å². The first-order chi connectivity index (χ1) is 6.74. The SMILES string of the molecule is CCC(O)=S.c1cnc2nc[nH]c2c1. The Morgan fingerprint density at radius 3 is 2.86 bits per heavy atom. The molecule has 5 heteroatoms. The van der Waals surface area contributed by atoms with Gasteiger partial charge in [-0.15, -0.1) is 0 Å². The van der Waals surface area contributed by atoms with E-state index in [0.29, 0.717) is 6.42 Å². The Hall–Kier alpha value is -1.49. The molecule has 0 unspecified atom stereocenters. The van der Waals surface area contributed by atoms with Crippen molar-refractivity contribution >= 4 is 28.4 Å². The molecule has 2 heterocycles. The van der Waals surface area contributed by atoms with Crippen LogP contribution in [0.15, 0.2) is 24.7 Å². The Labute approximate surface area is 87.0 Å². The van der Waals surface area contributed by atoms with E-state index in [2.05, 4.69) is 27.2 Å². The van der Waals surface area contributed by atoms with Gasteiger partial charge >= 0.3 is 0 Å². The molecule has 2 N–H and O–H groups in total. The van der Waals surface area contributed by atoms with Gasteiger partial charge in [0.2, 0.25) is 0 Å². The van der Waals surface area contributed by atoms with E-state index in [1.165, 1.54) is 0 Å². The zero-order chi connectivity index (χ0) is 10.4. The minimum Gasteiger partial charge on any atom is -0.502 e. The molecule has 2 aromatic rings. The number of aliphatic hydroxyl groups excluding tert-OH is 1. The number of aromatic amines is 1. The highest BCUT2D eigenvalue weighted by Gasteiger charge is 1.90. The molecule has 0 spiro atoms. The Morgan fingerprint density at radius 2 is 2.29 bits per heavy atom. The molecule has 0 radical (unpaired) electrons. The summed E-state index contributed by atoms with van der Waals surface area (Å²) in [6.07, 6.45) is 3.95. The highest BCUT2D eigenvalue weighted by atomic mass is 32.1. The summed E-state index contributed by atoms with van der Waals surface area (Å²) in [5.74, 6) is 0. The van der Waals surface area contributed by atoms with Crippen molar-refractivity contribution in [1.29, 1.82) is 0 Å². The predicted molar refractivity (Wildman–Crippen MR) is 59.4 cm³/mol. The molecule has 2 aromatic heterocycles. The molecule has 0 aliphatic carbocycles. The van der Waals surface area contributed by atoms with Crippen molar-refractivity contribution in [1.82, 2.24) is 15.0 Å². The topological polar surface area (TPSA) is 61.8 Å². The number of nitrogens with one attached hydrogen (secondary N) is 1. The molecule has 0 saturated carbocycles. The summed E-state index contributed by atoms with van der Waals surface area (Å²) < 4.78 is 0. The highest BCUT2D eigenvalue weighted by Crippen LogP contribution is 2.01. The number of thiocarbonyl (C=S) groups is 1. The van der Waals surface area contributed by atoms with Crippen molar-refractivity contribution in [2.75, 3.05) is 0 Å². The van der Waals surface area contributed by atoms with Crippen LogP contribution in [0.4, 0.5) is 0 Å². The molecular weight excluding hydrogens is 198 g/mol. The van der Waals surface area contributed by atoms with Gasteiger partial charge in [0.15, 0.2) is 10.7 Å². The molecule has 0 amide bonds. The van der Waals surface area contributed by atoms with Gasteiger partial charge in [-0.3, -0.25) is 0 Å². The summed E-state index contributed by atoms with van der Waals surface area (Å²) >= 11 is 4.25. The fourth-order valence-electron chi connectivity index (χ4n) is 0.775. The van der Waals surface area contributed by atoms with Gasteiger partial charge in [-0.25, -0.2) is 9.97 Å². The Bertz CT molecular complexity index is 383. The van der Waals surface area contributed by atoms with Crippen molar-refractivity contribution in [2.24, 2.45) is 0 Å². The molecule has 0 saturated heterocycles. The largest absolute Gasteiger partial charge is 0.502 e. The molecule has 4 nitrogen and oxygen atoms in total. The third-order valence-electron chi connectivity index (χ3n) is 1.50. The molecule has 0 bridgehead atoms. The smallest absolute Gasteiger partial charge is 0.177 e. The lowest BCUT2D eigenvalue weighted by molar-refractivity contribution is 0.553. The average Bonchev–Trinajstić information content (AvgIpc) is 2.66. The summed E-state index contributed by atoms with van der Waals surface area (Å²) in [7, 11) is 0. The number of nitrogens with zero attached hydrogens (tertiary/aromatic N) is 2. The fraction of sp³-hybridized carbons (Fsp3) is 0.222. The van der Waals surface area contributed by atoms with Gasteiger partial charge in [-0.1, -0.05) is 6.92 Å². The van der Waals surface area contributed by atoms with Crippen molar-refractivity contribution < 1.29 is 5.11 Å². The van der Waals surface area contributed by atoms with E-state index in [-0.39, 0.29) is 5.05 Å². The van der Waals surface area contributed by atoms with Gasteiger partial charge in [0.05, 0.1) is 11.8 Å². The lowest BCUT2D eigenvalue weighted by Gasteiger charge is -1.80. The molecule has 74 valence electrons. The third-order valence-corrected chi connectivity index (χ3v) is 1.78. The summed E-state index contributed by atoms with van der Waals surface area (Å²) in [4.78, 5) is 10.9. The van der Waals surface area contributed by atoms with Crippen LogP contribution in [-0.2, 0) is 0 Å². The molecular formula is C9H11N3OS. The molecule has 14 heavy (non-hydrogen) atoms. The molecule has 2 rings (SSSR count). The number of aromatic nitrogens is 3. The number of H-pyrrole nitrogens is 1. The second kappa shape index (κ2) is 5.29. The van der Waals surface area contributed by atoms with E-state index in [9.17, 15) is 0 Å². The van der Waals surface area contributed by atoms with Gasteiger partial charge in [-0.05, 0) is 24.4 Å². The quantitative estimate of drug-likeness (QED) is 0.707. The summed E-state index contributed by atoms with van der Waals surface area (Å²) in [6, 6.07) is 3.82. The van der Waals surface area contributed by atoms with Crippen molar-refractivity contribution in [3.8, 4) is 0 Å². The number of rotatable bonds is 1. The second-order valence-electron chi connectivity index (χ2n) is 2.52. The zero-order valence-corrected chi connectivity index (χ0v) is 8.58. The van der Waals surface area contributed by atoms with E-state index in [1.807, 2.05) is 19.1 Å². The Balaban J connectivity index is 0.000000171. The van der Waals surface area contributed by atoms with E-state index in [4.69, 9.17) is 5.11 Å². The standard InChI is InChI=1S/C6H5N3.C3H6OS/c1-2-5-6(7-3-1)9-4-8-5;1-2-3(4)5/h1-4H,(H,7,8,9);2H2,1H3,(H,4,5).